The first-order valence-electron chi connectivity index (χ1n) is 13.8. The predicted octanol–water partition coefficient (Wildman–Crippen LogP) is 7.32. The molecule has 0 heterocycles. The summed E-state index contributed by atoms with van der Waals surface area (Å²) >= 11 is -3.03. The van der Waals surface area contributed by atoms with Crippen molar-refractivity contribution >= 4 is 24.3 Å². The van der Waals surface area contributed by atoms with Gasteiger partial charge in [-0.15, -0.1) is 0 Å². The molecule has 0 spiro atoms. The molecule has 0 saturated carbocycles. The van der Waals surface area contributed by atoms with E-state index >= 15 is 0 Å². The van der Waals surface area contributed by atoms with Gasteiger partial charge in [0, 0.05) is 0 Å². The van der Waals surface area contributed by atoms with E-state index in [9.17, 15) is 0 Å². The summed E-state index contributed by atoms with van der Waals surface area (Å²) in [6, 6.07) is 43.8. The van der Waals surface area contributed by atoms with E-state index in [-0.39, 0.29) is 0 Å². The van der Waals surface area contributed by atoms with Crippen molar-refractivity contribution in [2.75, 3.05) is 0 Å². The number of hydrogen-bond acceptors (Lipinski definition) is 0. The molecule has 0 aliphatic heterocycles. The van der Waals surface area contributed by atoms with Crippen LogP contribution in [-0.2, 0) is 15.7 Å². The van der Waals surface area contributed by atoms with E-state index in [1.54, 1.807) is 21.0 Å². The standard InChI is InChI=1S/C15H11.C9H13.2C6H5.GeH2.Zr/c1-2-6-12(7-3-1)15-11-10-13-8-4-5-9-14(13)15;1-6-5-7(2)9(4)8(6)3;2*1-2-4-6-5-3-1;;/h1-11H;6H,1-4H3;2*1-5H;1H2;. The fraction of sp³-hybridized carbons (Fsp3) is 0.167. The van der Waals surface area contributed by atoms with E-state index in [0.717, 1.165) is 0 Å². The summed E-state index contributed by atoms with van der Waals surface area (Å²) in [4.78, 5) is 0. The molecule has 2 aliphatic rings. The normalized spacial score (nSPS) is 19.6. The van der Waals surface area contributed by atoms with Gasteiger partial charge >= 0.3 is 235 Å². The Morgan fingerprint density at radius 3 is 1.63 bits per heavy atom. The van der Waals surface area contributed by atoms with Crippen LogP contribution in [0.25, 0.3) is 5.57 Å². The van der Waals surface area contributed by atoms with Crippen LogP contribution in [0.15, 0.2) is 141 Å². The second-order valence-corrected chi connectivity index (χ2v) is 42.9. The van der Waals surface area contributed by atoms with E-state index in [0.29, 0.717) is 9.54 Å². The Morgan fingerprint density at radius 1 is 0.605 bits per heavy atom. The van der Waals surface area contributed by atoms with Gasteiger partial charge in [-0.2, -0.15) is 0 Å². The molecule has 6 rings (SSSR count). The molecule has 4 aromatic carbocycles. The SMILES string of the molecule is CC1=C(C)C(C)[C]([Zr](=[GeH2])([c]2ccccc2)([c]2ccccc2)[CH]2C=C(c3ccccc3)c3ccccc32)=C1C. The molecule has 188 valence electrons. The molecule has 2 heteroatoms. The Kier molecular flexibility index (Phi) is 6.53. The van der Waals surface area contributed by atoms with Crippen LogP contribution in [0.4, 0.5) is 0 Å². The fourth-order valence-electron chi connectivity index (χ4n) is 7.69. The van der Waals surface area contributed by atoms with Crippen LogP contribution in [0, 0.1) is 5.92 Å². The van der Waals surface area contributed by atoms with E-state index in [1.807, 2.05) is 0 Å². The van der Waals surface area contributed by atoms with Gasteiger partial charge in [-0.3, -0.25) is 0 Å². The zero-order chi connectivity index (χ0) is 26.5. The zero-order valence-electron chi connectivity index (χ0n) is 22.9. The molecule has 4 aromatic rings. The number of allylic oxidation sites excluding steroid dienone is 5. The minimum atomic E-state index is -4.31. The summed E-state index contributed by atoms with van der Waals surface area (Å²) < 4.78 is 5.37. The molecule has 2 atom stereocenters. The van der Waals surface area contributed by atoms with Gasteiger partial charge in [-0.25, -0.2) is 0 Å². The maximum absolute atomic E-state index is 4.31. The maximum atomic E-state index is 2.70. The van der Waals surface area contributed by atoms with Gasteiger partial charge in [0.05, 0.1) is 0 Å². The summed E-state index contributed by atoms with van der Waals surface area (Å²) in [7, 11) is 0. The second kappa shape index (κ2) is 9.62. The molecular formula is C36H36GeZr. The molecule has 38 heavy (non-hydrogen) atoms. The third-order valence-electron chi connectivity index (χ3n) is 9.81. The predicted molar refractivity (Wildman–Crippen MR) is 164 cm³/mol. The van der Waals surface area contributed by atoms with Crippen LogP contribution in [0.3, 0.4) is 0 Å². The summed E-state index contributed by atoms with van der Waals surface area (Å²) in [5.41, 5.74) is 10.3. The van der Waals surface area contributed by atoms with Crippen molar-refractivity contribution < 1.29 is 15.7 Å². The molecule has 0 aromatic heterocycles. The second-order valence-electron chi connectivity index (χ2n) is 11.4. The molecule has 0 fully saturated rings. The van der Waals surface area contributed by atoms with Gasteiger partial charge in [0.2, 0.25) is 0 Å². The van der Waals surface area contributed by atoms with Crippen LogP contribution in [-0.4, -0.2) is 12.1 Å². The molecule has 0 saturated heterocycles. The Morgan fingerprint density at radius 2 is 1.11 bits per heavy atom. The molecule has 0 amide bonds. The fourth-order valence-corrected chi connectivity index (χ4v) is 43.6. The van der Waals surface area contributed by atoms with Crippen molar-refractivity contribution in [1.82, 2.24) is 0 Å². The van der Waals surface area contributed by atoms with Crippen molar-refractivity contribution in [2.45, 2.75) is 31.3 Å². The zero-order valence-corrected chi connectivity index (χ0v) is 28.3. The monoisotopic (exact) mass is 632 g/mol. The van der Waals surface area contributed by atoms with Gasteiger partial charge in [0.1, 0.15) is 0 Å². The Bertz CT molecular complexity index is 1640. The number of hydrogen-bond donors (Lipinski definition) is 0. The van der Waals surface area contributed by atoms with Crippen molar-refractivity contribution in [3.63, 3.8) is 0 Å². The van der Waals surface area contributed by atoms with Crippen molar-refractivity contribution in [2.24, 2.45) is 5.92 Å². The molecule has 0 N–H and O–H groups in total. The van der Waals surface area contributed by atoms with Crippen LogP contribution >= 0.6 is 0 Å². The minimum absolute atomic E-state index is 0.374. The molecule has 0 bridgehead atoms. The van der Waals surface area contributed by atoms with Crippen LogP contribution < -0.4 is 6.54 Å². The first-order chi connectivity index (χ1) is 18.4. The first-order valence-corrected chi connectivity index (χ1v) is 29.4. The average Bonchev–Trinajstić information content (AvgIpc) is 3.46. The summed E-state index contributed by atoms with van der Waals surface area (Å²) in [6.45, 7) is 9.65. The van der Waals surface area contributed by atoms with Gasteiger partial charge in [0.25, 0.3) is 0 Å². The Balaban J connectivity index is 1.81. The van der Waals surface area contributed by atoms with E-state index < -0.39 is 15.7 Å². The quantitative estimate of drug-likeness (QED) is 0.203. The summed E-state index contributed by atoms with van der Waals surface area (Å²) in [6.07, 6.45) is 2.70. The molecule has 0 radical (unpaired) electrons. The first kappa shape index (κ1) is 25.8. The summed E-state index contributed by atoms with van der Waals surface area (Å²) in [5.74, 6) is 0.455. The molecular weight excluding hydrogens is 596 g/mol. The number of rotatable bonds is 5. The Labute approximate surface area is 233 Å². The van der Waals surface area contributed by atoms with E-state index in [4.69, 9.17) is 0 Å². The van der Waals surface area contributed by atoms with E-state index in [2.05, 4.69) is 149 Å². The van der Waals surface area contributed by atoms with Crippen LogP contribution in [0.1, 0.15) is 48.0 Å². The third-order valence-corrected chi connectivity index (χ3v) is 47.8. The van der Waals surface area contributed by atoms with Crippen LogP contribution in [0.5, 0.6) is 0 Å². The topological polar surface area (TPSA) is 0 Å². The van der Waals surface area contributed by atoms with E-state index in [1.165, 1.54) is 40.0 Å². The van der Waals surface area contributed by atoms with Crippen LogP contribution in [0.2, 0.25) is 0 Å². The number of fused-ring (bicyclic) bond motifs is 1. The van der Waals surface area contributed by atoms with Gasteiger partial charge < -0.3 is 0 Å². The van der Waals surface area contributed by atoms with Crippen molar-refractivity contribution in [1.29, 1.82) is 0 Å². The van der Waals surface area contributed by atoms with Crippen molar-refractivity contribution in [3.05, 3.63) is 158 Å². The van der Waals surface area contributed by atoms with Gasteiger partial charge in [0.15, 0.2) is 0 Å². The molecule has 0 nitrogen and oxygen atoms in total. The van der Waals surface area contributed by atoms with Crippen molar-refractivity contribution in [3.8, 4) is 0 Å². The van der Waals surface area contributed by atoms with Gasteiger partial charge in [-0.05, 0) is 0 Å². The average molecular weight is 633 g/mol. The van der Waals surface area contributed by atoms with Gasteiger partial charge in [-0.1, -0.05) is 0 Å². The number of benzene rings is 4. The molecule has 2 aliphatic carbocycles. The Hall–Kier alpha value is -2.47. The summed E-state index contributed by atoms with van der Waals surface area (Å²) in [5, 5.41) is 0. The molecule has 2 unspecified atom stereocenters. The third kappa shape index (κ3) is 3.51.